The molecule has 11 rings (SSSR count). The highest BCUT2D eigenvalue weighted by Crippen LogP contribution is 2.42. The molecule has 2 nitrogen and oxygen atoms in total. The van der Waals surface area contributed by atoms with Gasteiger partial charge in [0, 0.05) is 33.5 Å². The Bertz CT molecular complexity index is 3230. The molecular weight excluding hydrogens is 725 g/mol. The third-order valence-electron chi connectivity index (χ3n) is 11.8. The Morgan fingerprint density at radius 1 is 0.283 bits per heavy atom. The second-order valence-corrected chi connectivity index (χ2v) is 15.3. The Labute approximate surface area is 350 Å². The summed E-state index contributed by atoms with van der Waals surface area (Å²) in [5, 5.41) is 5.03. The molecule has 0 aliphatic carbocycles. The van der Waals surface area contributed by atoms with Crippen molar-refractivity contribution in [2.45, 2.75) is 0 Å². The lowest BCUT2D eigenvalue weighted by Gasteiger charge is -2.27. The highest BCUT2D eigenvalue weighted by atomic mass is 15.1. The summed E-state index contributed by atoms with van der Waals surface area (Å²) in [4.78, 5) is 2.38. The summed E-state index contributed by atoms with van der Waals surface area (Å²) < 4.78 is 2.37. The van der Waals surface area contributed by atoms with Gasteiger partial charge in [-0.3, -0.25) is 0 Å². The van der Waals surface area contributed by atoms with Gasteiger partial charge in [-0.1, -0.05) is 182 Å². The van der Waals surface area contributed by atoms with E-state index in [0.717, 1.165) is 22.7 Å². The number of rotatable bonds is 8. The van der Waals surface area contributed by atoms with Crippen molar-refractivity contribution in [3.8, 4) is 50.2 Å². The lowest BCUT2D eigenvalue weighted by Crippen LogP contribution is -2.10. The number of anilines is 3. The van der Waals surface area contributed by atoms with Crippen LogP contribution in [0, 0.1) is 0 Å². The number of benzene rings is 10. The van der Waals surface area contributed by atoms with Crippen LogP contribution in [0.1, 0.15) is 0 Å². The van der Waals surface area contributed by atoms with Crippen LogP contribution >= 0.6 is 0 Å². The van der Waals surface area contributed by atoms with Crippen LogP contribution in [-0.2, 0) is 0 Å². The van der Waals surface area contributed by atoms with Crippen LogP contribution in [0.3, 0.4) is 0 Å². The third kappa shape index (κ3) is 6.32. The number of hydrogen-bond donors (Lipinski definition) is 0. The van der Waals surface area contributed by atoms with Crippen molar-refractivity contribution >= 4 is 49.6 Å². The zero-order valence-corrected chi connectivity index (χ0v) is 33.0. The second kappa shape index (κ2) is 15.1. The topological polar surface area (TPSA) is 8.17 Å². The van der Waals surface area contributed by atoms with E-state index in [1.165, 1.54) is 77.1 Å². The zero-order valence-electron chi connectivity index (χ0n) is 33.0. The molecule has 0 aliphatic rings. The van der Waals surface area contributed by atoms with Crippen LogP contribution in [0.2, 0.25) is 0 Å². The van der Waals surface area contributed by atoms with Gasteiger partial charge in [0.05, 0.1) is 11.0 Å². The summed E-state index contributed by atoms with van der Waals surface area (Å²) in [6.45, 7) is 0. The molecule has 10 aromatic carbocycles. The van der Waals surface area contributed by atoms with Crippen molar-refractivity contribution in [3.63, 3.8) is 0 Å². The average molecular weight is 765 g/mol. The van der Waals surface area contributed by atoms with Crippen LogP contribution in [0.25, 0.3) is 82.8 Å². The van der Waals surface area contributed by atoms with Crippen molar-refractivity contribution in [2.75, 3.05) is 4.90 Å². The van der Waals surface area contributed by atoms with Crippen LogP contribution in [0.5, 0.6) is 0 Å². The molecule has 0 spiro atoms. The minimum absolute atomic E-state index is 1.09. The molecule has 0 amide bonds. The molecule has 11 aromatic rings. The quantitative estimate of drug-likeness (QED) is 0.150. The normalized spacial score (nSPS) is 11.3. The average Bonchev–Trinajstić information content (AvgIpc) is 3.67. The minimum Gasteiger partial charge on any atom is -0.310 e. The van der Waals surface area contributed by atoms with Gasteiger partial charge in [0.2, 0.25) is 0 Å². The van der Waals surface area contributed by atoms with Crippen molar-refractivity contribution in [2.24, 2.45) is 0 Å². The fourth-order valence-corrected chi connectivity index (χ4v) is 8.96. The van der Waals surface area contributed by atoms with Gasteiger partial charge >= 0.3 is 0 Å². The first-order valence-electron chi connectivity index (χ1n) is 20.6. The van der Waals surface area contributed by atoms with Gasteiger partial charge < -0.3 is 9.47 Å². The highest BCUT2D eigenvalue weighted by Gasteiger charge is 2.17. The molecule has 0 N–H and O–H groups in total. The van der Waals surface area contributed by atoms with Gasteiger partial charge in [-0.25, -0.2) is 0 Å². The van der Waals surface area contributed by atoms with E-state index in [2.05, 4.69) is 252 Å². The fourth-order valence-electron chi connectivity index (χ4n) is 8.96. The van der Waals surface area contributed by atoms with Crippen LogP contribution in [0.4, 0.5) is 17.1 Å². The van der Waals surface area contributed by atoms with Gasteiger partial charge in [0.25, 0.3) is 0 Å². The molecule has 1 aromatic heterocycles. The third-order valence-corrected chi connectivity index (χ3v) is 11.8. The number of hydrogen-bond acceptors (Lipinski definition) is 1. The smallest absolute Gasteiger partial charge is 0.0541 e. The summed E-state index contributed by atoms with van der Waals surface area (Å²) in [5.74, 6) is 0. The molecule has 0 bridgehead atoms. The molecule has 282 valence electrons. The predicted molar refractivity (Wildman–Crippen MR) is 255 cm³/mol. The first kappa shape index (κ1) is 35.2. The van der Waals surface area contributed by atoms with E-state index >= 15 is 0 Å². The monoisotopic (exact) mass is 764 g/mol. The molecule has 2 heteroatoms. The molecule has 0 unspecified atom stereocenters. The van der Waals surface area contributed by atoms with E-state index in [-0.39, 0.29) is 0 Å². The predicted octanol–water partition coefficient (Wildman–Crippen LogP) is 16.1. The largest absolute Gasteiger partial charge is 0.310 e. The molecule has 1 heterocycles. The van der Waals surface area contributed by atoms with Gasteiger partial charge in [0.1, 0.15) is 0 Å². The number of fused-ring (bicyclic) bond motifs is 4. The highest BCUT2D eigenvalue weighted by molar-refractivity contribution is 6.09. The first-order valence-corrected chi connectivity index (χ1v) is 20.6. The maximum Gasteiger partial charge on any atom is 0.0541 e. The fraction of sp³-hybridized carbons (Fsp3) is 0. The van der Waals surface area contributed by atoms with E-state index in [1.807, 2.05) is 0 Å². The molecule has 0 saturated heterocycles. The Hall–Kier alpha value is -7.94. The standard InChI is InChI=1S/C58H40N2/c1-3-15-41(16-4-1)46-21-11-23-50(39-46)59(51-24-12-22-47(40-51)53-28-14-20-45-19-13-27-52(58(45)53)44-17-5-2-6-18-44)48-35-31-42(32-36-48)43-33-37-49(38-34-43)60-56-29-9-7-25-54(56)55-26-8-10-30-57(55)60/h1-40H. The van der Waals surface area contributed by atoms with Gasteiger partial charge in [0.15, 0.2) is 0 Å². The molecular formula is C58H40N2. The second-order valence-electron chi connectivity index (χ2n) is 15.3. The van der Waals surface area contributed by atoms with E-state index < -0.39 is 0 Å². The molecule has 0 radical (unpaired) electrons. The van der Waals surface area contributed by atoms with E-state index in [1.54, 1.807) is 0 Å². The van der Waals surface area contributed by atoms with E-state index in [4.69, 9.17) is 0 Å². The summed E-state index contributed by atoms with van der Waals surface area (Å²) >= 11 is 0. The minimum atomic E-state index is 1.09. The van der Waals surface area contributed by atoms with E-state index in [9.17, 15) is 0 Å². The molecule has 0 aliphatic heterocycles. The Kier molecular flexibility index (Phi) is 8.87. The number of nitrogens with zero attached hydrogens (tertiary/aromatic N) is 2. The molecule has 60 heavy (non-hydrogen) atoms. The number of para-hydroxylation sites is 2. The van der Waals surface area contributed by atoms with E-state index in [0.29, 0.717) is 0 Å². The summed E-state index contributed by atoms with van der Waals surface area (Å²) in [5.41, 5.74) is 16.4. The molecule has 0 atom stereocenters. The van der Waals surface area contributed by atoms with Crippen LogP contribution in [0.15, 0.2) is 243 Å². The first-order chi connectivity index (χ1) is 29.8. The molecule has 0 saturated carbocycles. The maximum atomic E-state index is 2.38. The van der Waals surface area contributed by atoms with Crippen molar-refractivity contribution in [3.05, 3.63) is 243 Å². The van der Waals surface area contributed by atoms with Gasteiger partial charge in [-0.05, 0) is 116 Å². The lowest BCUT2D eigenvalue weighted by molar-refractivity contribution is 1.18. The van der Waals surface area contributed by atoms with Gasteiger partial charge in [-0.2, -0.15) is 0 Å². The zero-order chi connectivity index (χ0) is 39.8. The number of aromatic nitrogens is 1. The Morgan fingerprint density at radius 3 is 1.35 bits per heavy atom. The van der Waals surface area contributed by atoms with Crippen molar-refractivity contribution in [1.82, 2.24) is 4.57 Å². The maximum absolute atomic E-state index is 2.38. The lowest BCUT2D eigenvalue weighted by atomic mass is 9.91. The summed E-state index contributed by atoms with van der Waals surface area (Å²) in [7, 11) is 0. The van der Waals surface area contributed by atoms with Crippen LogP contribution < -0.4 is 4.90 Å². The van der Waals surface area contributed by atoms with Crippen molar-refractivity contribution < 1.29 is 0 Å². The Morgan fingerprint density at radius 2 is 0.733 bits per heavy atom. The van der Waals surface area contributed by atoms with Gasteiger partial charge in [-0.15, -0.1) is 0 Å². The van der Waals surface area contributed by atoms with Crippen LogP contribution in [-0.4, -0.2) is 4.57 Å². The Balaban J connectivity index is 0.997. The summed E-state index contributed by atoms with van der Waals surface area (Å²) in [6.07, 6.45) is 0. The van der Waals surface area contributed by atoms with Crippen molar-refractivity contribution in [1.29, 1.82) is 0 Å². The summed E-state index contributed by atoms with van der Waals surface area (Å²) in [6, 6.07) is 87.8. The SMILES string of the molecule is c1ccc(-c2cccc(N(c3ccc(-c4ccc(-n5c6ccccc6c6ccccc65)cc4)cc3)c3cccc(-c4cccc5cccc(-c6ccccc6)c45)c3)c2)cc1. The molecule has 0 fully saturated rings.